The second kappa shape index (κ2) is 3.92. The van der Waals surface area contributed by atoms with Gasteiger partial charge in [-0.25, -0.2) is 13.6 Å². The molecule has 0 aliphatic carbocycles. The Kier molecular flexibility index (Phi) is 3.18. The van der Waals surface area contributed by atoms with Gasteiger partial charge in [0.15, 0.2) is 0 Å². The first-order chi connectivity index (χ1) is 6.73. The van der Waals surface area contributed by atoms with Crippen molar-refractivity contribution in [1.82, 2.24) is 4.57 Å². The Balaban J connectivity index is 3.19. The highest BCUT2D eigenvalue weighted by molar-refractivity contribution is 9.10. The minimum atomic E-state index is -2.97. The average Bonchev–Trinajstić information content (AvgIpc) is 2.44. The van der Waals surface area contributed by atoms with Crippen LogP contribution in [0.1, 0.15) is 30.4 Å². The van der Waals surface area contributed by atoms with E-state index in [2.05, 4.69) is 15.9 Å². The Morgan fingerprint density at radius 3 is 2.60 bits per heavy atom. The monoisotopic (exact) mass is 281 g/mol. The summed E-state index contributed by atoms with van der Waals surface area (Å²) in [5.74, 6) is -4.19. The molecule has 0 fully saturated rings. The van der Waals surface area contributed by atoms with Crippen LogP contribution in [0.3, 0.4) is 0 Å². The number of carboxylic acids is 1. The normalized spacial score (nSPS) is 13.9. The highest BCUT2D eigenvalue weighted by atomic mass is 79.9. The predicted molar refractivity (Wildman–Crippen MR) is 54.4 cm³/mol. The molecule has 84 valence electrons. The van der Waals surface area contributed by atoms with Crippen molar-refractivity contribution in [3.63, 3.8) is 0 Å². The van der Waals surface area contributed by atoms with Crippen molar-refractivity contribution >= 4 is 21.9 Å². The molecular weight excluding hydrogens is 272 g/mol. The van der Waals surface area contributed by atoms with E-state index >= 15 is 0 Å². The molecule has 1 rings (SSSR count). The summed E-state index contributed by atoms with van der Waals surface area (Å²) in [5.41, 5.74) is -0.157. The van der Waals surface area contributed by atoms with Crippen LogP contribution in [0.2, 0.25) is 0 Å². The predicted octanol–water partition coefficient (Wildman–Crippen LogP) is 3.17. The number of alkyl halides is 2. The van der Waals surface area contributed by atoms with Gasteiger partial charge in [0.05, 0.1) is 6.04 Å². The second-order valence-corrected chi connectivity index (χ2v) is 4.30. The Bertz CT molecular complexity index is 384. The fourth-order valence-corrected chi connectivity index (χ4v) is 1.62. The maximum absolute atomic E-state index is 13.0. The lowest BCUT2D eigenvalue weighted by atomic mass is 10.2. The Morgan fingerprint density at radius 2 is 2.20 bits per heavy atom. The zero-order chi connectivity index (χ0) is 11.8. The SMILES string of the molecule is CC(n1cc(Br)cc1C(=O)O)C(C)(F)F. The molecule has 0 aromatic carbocycles. The molecule has 1 unspecified atom stereocenters. The second-order valence-electron chi connectivity index (χ2n) is 3.39. The maximum atomic E-state index is 13.0. The van der Waals surface area contributed by atoms with Crippen LogP contribution in [0.25, 0.3) is 0 Å². The molecule has 0 saturated heterocycles. The summed E-state index contributed by atoms with van der Waals surface area (Å²) < 4.78 is 27.6. The lowest BCUT2D eigenvalue weighted by Gasteiger charge is -2.22. The number of hydrogen-bond acceptors (Lipinski definition) is 1. The van der Waals surface area contributed by atoms with E-state index in [0.717, 1.165) is 11.5 Å². The molecule has 1 atom stereocenters. The van der Waals surface area contributed by atoms with Crippen molar-refractivity contribution in [3.05, 3.63) is 22.4 Å². The molecule has 0 radical (unpaired) electrons. The highest BCUT2D eigenvalue weighted by Gasteiger charge is 2.33. The van der Waals surface area contributed by atoms with E-state index in [0.29, 0.717) is 4.47 Å². The number of aromatic nitrogens is 1. The van der Waals surface area contributed by atoms with Crippen LogP contribution in [0.4, 0.5) is 8.78 Å². The Morgan fingerprint density at radius 1 is 1.67 bits per heavy atom. The van der Waals surface area contributed by atoms with E-state index < -0.39 is 17.9 Å². The summed E-state index contributed by atoms with van der Waals surface area (Å²) in [6, 6.07) is 0.0970. The average molecular weight is 282 g/mol. The van der Waals surface area contributed by atoms with Crippen molar-refractivity contribution in [3.8, 4) is 0 Å². The van der Waals surface area contributed by atoms with E-state index in [9.17, 15) is 13.6 Å². The molecule has 1 aromatic heterocycles. The molecular formula is C9H10BrF2NO2. The third kappa shape index (κ3) is 2.56. The van der Waals surface area contributed by atoms with Crippen molar-refractivity contribution in [2.75, 3.05) is 0 Å². The molecule has 0 aliphatic rings. The number of nitrogens with zero attached hydrogens (tertiary/aromatic N) is 1. The molecule has 0 saturated carbocycles. The first kappa shape index (κ1) is 12.2. The van der Waals surface area contributed by atoms with Gasteiger partial charge < -0.3 is 9.67 Å². The summed E-state index contributed by atoms with van der Waals surface area (Å²) in [6.07, 6.45) is 1.34. The van der Waals surface area contributed by atoms with E-state index in [1.807, 2.05) is 0 Å². The summed E-state index contributed by atoms with van der Waals surface area (Å²) >= 11 is 3.06. The topological polar surface area (TPSA) is 42.2 Å². The van der Waals surface area contributed by atoms with Crippen LogP contribution in [0.15, 0.2) is 16.7 Å². The van der Waals surface area contributed by atoms with Gasteiger partial charge in [-0.05, 0) is 28.9 Å². The standard InChI is InChI=1S/C9H10BrF2NO2/c1-5(9(2,11)12)13-4-6(10)3-7(13)8(14)15/h3-5H,1-2H3,(H,14,15). The molecule has 1 aromatic rings. The van der Waals surface area contributed by atoms with E-state index in [1.54, 1.807) is 0 Å². The molecule has 0 aliphatic heterocycles. The lowest BCUT2D eigenvalue weighted by molar-refractivity contribution is -0.0266. The smallest absolute Gasteiger partial charge is 0.352 e. The van der Waals surface area contributed by atoms with Gasteiger partial charge >= 0.3 is 5.97 Å². The van der Waals surface area contributed by atoms with Crippen molar-refractivity contribution in [2.24, 2.45) is 0 Å². The van der Waals surface area contributed by atoms with Crippen LogP contribution in [-0.2, 0) is 0 Å². The van der Waals surface area contributed by atoms with Crippen molar-refractivity contribution in [2.45, 2.75) is 25.8 Å². The van der Waals surface area contributed by atoms with Crippen molar-refractivity contribution < 1.29 is 18.7 Å². The van der Waals surface area contributed by atoms with E-state index in [-0.39, 0.29) is 5.69 Å². The molecule has 0 bridgehead atoms. The quantitative estimate of drug-likeness (QED) is 0.925. The zero-order valence-corrected chi connectivity index (χ0v) is 9.75. The van der Waals surface area contributed by atoms with Gasteiger partial charge in [0, 0.05) is 17.6 Å². The largest absolute Gasteiger partial charge is 0.477 e. The molecule has 0 amide bonds. The molecule has 1 heterocycles. The molecule has 0 spiro atoms. The molecule has 15 heavy (non-hydrogen) atoms. The number of carbonyl (C=O) groups is 1. The maximum Gasteiger partial charge on any atom is 0.352 e. The van der Waals surface area contributed by atoms with E-state index in [4.69, 9.17) is 5.11 Å². The number of rotatable bonds is 3. The number of carboxylic acid groups (broad SMARTS) is 1. The Labute approximate surface area is 93.8 Å². The fraction of sp³-hybridized carbons (Fsp3) is 0.444. The first-order valence-corrected chi connectivity index (χ1v) is 5.01. The summed E-state index contributed by atoms with van der Waals surface area (Å²) in [4.78, 5) is 10.8. The lowest BCUT2D eigenvalue weighted by Crippen LogP contribution is -2.26. The van der Waals surface area contributed by atoms with Crippen LogP contribution < -0.4 is 0 Å². The molecule has 3 nitrogen and oxygen atoms in total. The molecule has 6 heteroatoms. The van der Waals surface area contributed by atoms with Crippen LogP contribution in [0, 0.1) is 0 Å². The van der Waals surface area contributed by atoms with E-state index in [1.165, 1.54) is 19.2 Å². The third-order valence-corrected chi connectivity index (χ3v) is 2.62. The molecule has 1 N–H and O–H groups in total. The van der Waals surface area contributed by atoms with Crippen LogP contribution in [-0.4, -0.2) is 21.6 Å². The van der Waals surface area contributed by atoms with Gasteiger partial charge in [0.25, 0.3) is 5.92 Å². The first-order valence-electron chi connectivity index (χ1n) is 4.22. The van der Waals surface area contributed by atoms with Crippen LogP contribution in [0.5, 0.6) is 0 Å². The number of halogens is 3. The highest BCUT2D eigenvalue weighted by Crippen LogP contribution is 2.31. The number of hydrogen-bond donors (Lipinski definition) is 1. The minimum absolute atomic E-state index is 0.157. The minimum Gasteiger partial charge on any atom is -0.477 e. The fourth-order valence-electron chi connectivity index (χ4n) is 1.18. The summed E-state index contributed by atoms with van der Waals surface area (Å²) in [6.45, 7) is 2.04. The third-order valence-electron chi connectivity index (χ3n) is 2.19. The summed E-state index contributed by atoms with van der Waals surface area (Å²) in [5, 5.41) is 8.81. The van der Waals surface area contributed by atoms with Crippen molar-refractivity contribution in [1.29, 1.82) is 0 Å². The van der Waals surface area contributed by atoms with Gasteiger partial charge in [0.1, 0.15) is 5.69 Å². The van der Waals surface area contributed by atoms with Gasteiger partial charge in [-0.15, -0.1) is 0 Å². The summed E-state index contributed by atoms with van der Waals surface area (Å²) in [7, 11) is 0. The Hall–Kier alpha value is -0.910. The van der Waals surface area contributed by atoms with Crippen LogP contribution >= 0.6 is 15.9 Å². The van der Waals surface area contributed by atoms with Gasteiger partial charge in [-0.2, -0.15) is 0 Å². The zero-order valence-electron chi connectivity index (χ0n) is 8.17. The van der Waals surface area contributed by atoms with Gasteiger partial charge in [0.2, 0.25) is 0 Å². The number of aromatic carboxylic acids is 1. The van der Waals surface area contributed by atoms with Gasteiger partial charge in [-0.1, -0.05) is 0 Å². The van der Waals surface area contributed by atoms with Gasteiger partial charge in [-0.3, -0.25) is 0 Å².